The molecule has 6 heteroatoms. The van der Waals surface area contributed by atoms with Crippen molar-refractivity contribution >= 4 is 17.5 Å². The summed E-state index contributed by atoms with van der Waals surface area (Å²) in [6, 6.07) is 11.4. The molecule has 2 heterocycles. The predicted octanol–water partition coefficient (Wildman–Crippen LogP) is 3.47. The fourth-order valence-corrected chi connectivity index (χ4v) is 2.52. The molecule has 0 bridgehead atoms. The molecular formula is C20H21N5O. The van der Waals surface area contributed by atoms with Crippen LogP contribution in [-0.4, -0.2) is 20.9 Å². The summed E-state index contributed by atoms with van der Waals surface area (Å²) in [7, 11) is 0. The first kappa shape index (κ1) is 17.5. The third kappa shape index (κ3) is 4.22. The molecule has 2 N–H and O–H groups in total. The largest absolute Gasteiger partial charge is 0.347 e. The van der Waals surface area contributed by atoms with Crippen LogP contribution in [0.15, 0.2) is 48.8 Å². The van der Waals surface area contributed by atoms with Crippen LogP contribution in [0.25, 0.3) is 0 Å². The van der Waals surface area contributed by atoms with Crippen molar-refractivity contribution in [2.24, 2.45) is 0 Å². The van der Waals surface area contributed by atoms with Gasteiger partial charge in [0.2, 0.25) is 5.95 Å². The van der Waals surface area contributed by atoms with Gasteiger partial charge in [-0.25, -0.2) is 9.97 Å². The van der Waals surface area contributed by atoms with E-state index >= 15 is 0 Å². The number of rotatable bonds is 5. The van der Waals surface area contributed by atoms with Crippen LogP contribution in [0.4, 0.5) is 11.6 Å². The summed E-state index contributed by atoms with van der Waals surface area (Å²) in [5, 5.41) is 6.08. The van der Waals surface area contributed by atoms with Crippen molar-refractivity contribution in [1.82, 2.24) is 20.3 Å². The van der Waals surface area contributed by atoms with Crippen LogP contribution in [0.5, 0.6) is 0 Å². The van der Waals surface area contributed by atoms with Gasteiger partial charge in [-0.2, -0.15) is 0 Å². The highest BCUT2D eigenvalue weighted by molar-refractivity contribution is 5.92. The molecule has 0 saturated heterocycles. The monoisotopic (exact) mass is 347 g/mol. The number of anilines is 2. The van der Waals surface area contributed by atoms with E-state index in [2.05, 4.69) is 38.6 Å². The van der Waals surface area contributed by atoms with E-state index in [0.717, 1.165) is 22.5 Å². The van der Waals surface area contributed by atoms with Crippen LogP contribution in [0.2, 0.25) is 0 Å². The average molecular weight is 347 g/mol. The van der Waals surface area contributed by atoms with E-state index < -0.39 is 0 Å². The maximum Gasteiger partial charge on any atom is 0.270 e. The number of nitrogens with zero attached hydrogens (tertiary/aromatic N) is 3. The van der Waals surface area contributed by atoms with Gasteiger partial charge in [-0.3, -0.25) is 9.78 Å². The number of hydrogen-bond acceptors (Lipinski definition) is 5. The molecule has 1 amide bonds. The van der Waals surface area contributed by atoms with Crippen molar-refractivity contribution in [3.63, 3.8) is 0 Å². The highest BCUT2D eigenvalue weighted by Gasteiger charge is 2.11. The average Bonchev–Trinajstić information content (AvgIpc) is 2.64. The molecule has 0 radical (unpaired) electrons. The lowest BCUT2D eigenvalue weighted by Crippen LogP contribution is -2.24. The molecule has 2 aromatic heterocycles. The number of benzene rings is 1. The Balaban J connectivity index is 1.76. The summed E-state index contributed by atoms with van der Waals surface area (Å²) < 4.78 is 0. The van der Waals surface area contributed by atoms with Gasteiger partial charge in [-0.1, -0.05) is 12.1 Å². The Kier molecular flexibility index (Phi) is 5.22. The van der Waals surface area contributed by atoms with Gasteiger partial charge in [0.1, 0.15) is 5.69 Å². The number of carbonyl (C=O) groups excluding carboxylic acids is 1. The second kappa shape index (κ2) is 7.74. The minimum Gasteiger partial charge on any atom is -0.347 e. The van der Waals surface area contributed by atoms with Crippen LogP contribution >= 0.6 is 0 Å². The fraction of sp³-hybridized carbons (Fsp3) is 0.200. The molecule has 0 spiro atoms. The van der Waals surface area contributed by atoms with Crippen molar-refractivity contribution in [1.29, 1.82) is 0 Å². The number of nitrogens with one attached hydrogen (secondary N) is 2. The smallest absolute Gasteiger partial charge is 0.270 e. The van der Waals surface area contributed by atoms with Gasteiger partial charge in [-0.15, -0.1) is 0 Å². The Bertz CT molecular complexity index is 925. The highest BCUT2D eigenvalue weighted by Crippen LogP contribution is 2.21. The molecule has 132 valence electrons. The Morgan fingerprint density at radius 1 is 1.04 bits per heavy atom. The zero-order chi connectivity index (χ0) is 18.5. The number of aromatic nitrogens is 3. The lowest BCUT2D eigenvalue weighted by Gasteiger charge is -2.12. The van der Waals surface area contributed by atoms with Crippen LogP contribution < -0.4 is 10.6 Å². The van der Waals surface area contributed by atoms with Crippen LogP contribution in [0.3, 0.4) is 0 Å². The molecular weight excluding hydrogens is 326 g/mol. The molecule has 0 unspecified atom stereocenters. The van der Waals surface area contributed by atoms with Gasteiger partial charge in [-0.05, 0) is 61.7 Å². The molecule has 26 heavy (non-hydrogen) atoms. The van der Waals surface area contributed by atoms with Gasteiger partial charge in [0.15, 0.2) is 0 Å². The minimum absolute atomic E-state index is 0.240. The first-order valence-electron chi connectivity index (χ1n) is 8.39. The molecule has 6 nitrogen and oxygen atoms in total. The zero-order valence-electron chi connectivity index (χ0n) is 15.1. The lowest BCUT2D eigenvalue weighted by molar-refractivity contribution is 0.0945. The Labute approximate surface area is 152 Å². The van der Waals surface area contributed by atoms with Gasteiger partial charge in [0, 0.05) is 30.3 Å². The first-order chi connectivity index (χ1) is 12.5. The summed E-state index contributed by atoms with van der Waals surface area (Å²) >= 11 is 0. The molecule has 3 aromatic rings. The molecule has 0 atom stereocenters. The molecule has 0 saturated carbocycles. The lowest BCUT2D eigenvalue weighted by atomic mass is 10.1. The highest BCUT2D eigenvalue weighted by atomic mass is 16.1. The molecule has 0 fully saturated rings. The number of aryl methyl sites for hydroxylation is 2. The van der Waals surface area contributed by atoms with Crippen molar-refractivity contribution in [3.8, 4) is 0 Å². The van der Waals surface area contributed by atoms with E-state index in [4.69, 9.17) is 0 Å². The van der Waals surface area contributed by atoms with Crippen LogP contribution in [0, 0.1) is 20.8 Å². The third-order valence-electron chi connectivity index (χ3n) is 4.14. The minimum atomic E-state index is -0.240. The summed E-state index contributed by atoms with van der Waals surface area (Å²) in [5.74, 6) is 0.170. The number of amides is 1. The summed E-state index contributed by atoms with van der Waals surface area (Å²) in [5.41, 5.74) is 5.27. The number of pyridine rings is 1. The standard InChI is InChI=1S/C20H21N5O/c1-13-5-4-6-17(15(13)3)24-20-23-14(2)11-18(25-20)19(26)22-12-16-7-9-21-10-8-16/h4-11H,12H2,1-3H3,(H,22,26)(H,23,24,25). The quantitative estimate of drug-likeness (QED) is 0.739. The summed E-state index contributed by atoms with van der Waals surface area (Å²) in [4.78, 5) is 25.2. The Hall–Kier alpha value is -3.28. The topological polar surface area (TPSA) is 79.8 Å². The second-order valence-electron chi connectivity index (χ2n) is 6.13. The predicted molar refractivity (Wildman–Crippen MR) is 101 cm³/mol. The Morgan fingerprint density at radius 2 is 1.81 bits per heavy atom. The Morgan fingerprint density at radius 3 is 2.58 bits per heavy atom. The second-order valence-corrected chi connectivity index (χ2v) is 6.13. The first-order valence-corrected chi connectivity index (χ1v) is 8.39. The van der Waals surface area contributed by atoms with E-state index in [1.54, 1.807) is 18.5 Å². The molecule has 0 aliphatic heterocycles. The SMILES string of the molecule is Cc1cc(C(=O)NCc2ccncc2)nc(Nc2cccc(C)c2C)n1. The molecule has 3 rings (SSSR count). The summed E-state index contributed by atoms with van der Waals surface area (Å²) in [6.07, 6.45) is 3.39. The van der Waals surface area contributed by atoms with E-state index in [-0.39, 0.29) is 5.91 Å². The van der Waals surface area contributed by atoms with Crippen molar-refractivity contribution in [3.05, 3.63) is 76.9 Å². The van der Waals surface area contributed by atoms with E-state index in [1.165, 1.54) is 5.56 Å². The van der Waals surface area contributed by atoms with Gasteiger partial charge in [0.05, 0.1) is 0 Å². The third-order valence-corrected chi connectivity index (χ3v) is 4.14. The summed E-state index contributed by atoms with van der Waals surface area (Å²) in [6.45, 7) is 6.35. The van der Waals surface area contributed by atoms with Gasteiger partial charge in [0.25, 0.3) is 5.91 Å². The normalized spacial score (nSPS) is 10.4. The maximum atomic E-state index is 12.5. The van der Waals surface area contributed by atoms with Gasteiger partial charge < -0.3 is 10.6 Å². The van der Waals surface area contributed by atoms with Crippen LogP contribution in [-0.2, 0) is 6.54 Å². The molecule has 1 aromatic carbocycles. The number of hydrogen-bond donors (Lipinski definition) is 2. The van der Waals surface area contributed by atoms with Crippen molar-refractivity contribution < 1.29 is 4.79 Å². The molecule has 0 aliphatic carbocycles. The molecule has 0 aliphatic rings. The van der Waals surface area contributed by atoms with Crippen molar-refractivity contribution in [2.75, 3.05) is 5.32 Å². The number of carbonyl (C=O) groups is 1. The van der Waals surface area contributed by atoms with Gasteiger partial charge >= 0.3 is 0 Å². The van der Waals surface area contributed by atoms with E-state index in [9.17, 15) is 4.79 Å². The van der Waals surface area contributed by atoms with Crippen molar-refractivity contribution in [2.45, 2.75) is 27.3 Å². The maximum absolute atomic E-state index is 12.5. The fourth-order valence-electron chi connectivity index (χ4n) is 2.52. The van der Waals surface area contributed by atoms with E-state index in [0.29, 0.717) is 18.2 Å². The van der Waals surface area contributed by atoms with E-state index in [1.807, 2.05) is 38.1 Å². The zero-order valence-corrected chi connectivity index (χ0v) is 15.1. The van der Waals surface area contributed by atoms with Crippen LogP contribution in [0.1, 0.15) is 32.9 Å².